The highest BCUT2D eigenvalue weighted by molar-refractivity contribution is 8.00. The van der Waals surface area contributed by atoms with Crippen molar-refractivity contribution in [2.45, 2.75) is 17.3 Å². The number of thioether (sulfide) groups is 1. The summed E-state index contributed by atoms with van der Waals surface area (Å²) in [6, 6.07) is 1.53. The second kappa shape index (κ2) is 6.47. The number of imidazole rings is 1. The molecule has 8 heteroatoms. The molecule has 1 N–H and O–H groups in total. The van der Waals surface area contributed by atoms with Gasteiger partial charge in [-0.3, -0.25) is 4.79 Å². The first-order chi connectivity index (χ1) is 9.47. The van der Waals surface area contributed by atoms with Crippen LogP contribution in [0.4, 0.5) is 5.82 Å². The monoisotopic (exact) mass is 330 g/mol. The second-order valence-corrected chi connectivity index (χ2v) is 6.21. The van der Waals surface area contributed by atoms with E-state index in [1.54, 1.807) is 13.1 Å². The molecule has 2 aromatic rings. The summed E-state index contributed by atoms with van der Waals surface area (Å²) in [5.74, 6) is 0.100. The Kier molecular flexibility index (Phi) is 4.91. The largest absolute Gasteiger partial charge is 0.329 e. The number of hydrogen-bond acceptors (Lipinski definition) is 4. The van der Waals surface area contributed by atoms with Gasteiger partial charge >= 0.3 is 0 Å². The van der Waals surface area contributed by atoms with Crippen LogP contribution in [0.15, 0.2) is 29.8 Å². The molecule has 0 spiro atoms. The topological polar surface area (TPSA) is 59.8 Å². The second-order valence-electron chi connectivity index (χ2n) is 4.05. The smallest absolute Gasteiger partial charge is 0.238 e. The fraction of sp³-hybridized carbons (Fsp3) is 0.250. The van der Waals surface area contributed by atoms with Crippen molar-refractivity contribution >= 4 is 46.7 Å². The number of anilines is 1. The summed E-state index contributed by atoms with van der Waals surface area (Å²) < 4.78 is 1.85. The Balaban J connectivity index is 2.02. The summed E-state index contributed by atoms with van der Waals surface area (Å²) in [6.45, 7) is 1.79. The highest BCUT2D eigenvalue weighted by Crippen LogP contribution is 2.25. The summed E-state index contributed by atoms with van der Waals surface area (Å²) in [6.07, 6.45) is 4.94. The molecule has 0 aromatic carbocycles. The van der Waals surface area contributed by atoms with Crippen molar-refractivity contribution in [2.24, 2.45) is 7.05 Å². The van der Waals surface area contributed by atoms with Crippen LogP contribution in [0.5, 0.6) is 0 Å². The van der Waals surface area contributed by atoms with Crippen LogP contribution in [0, 0.1) is 0 Å². The zero-order valence-corrected chi connectivity index (χ0v) is 13.1. The first-order valence-electron chi connectivity index (χ1n) is 5.73. The molecule has 2 aromatic heterocycles. The van der Waals surface area contributed by atoms with Gasteiger partial charge in [0.15, 0.2) is 11.0 Å². The number of pyridine rings is 1. The predicted molar refractivity (Wildman–Crippen MR) is 81.4 cm³/mol. The van der Waals surface area contributed by atoms with Crippen LogP contribution in [0.25, 0.3) is 0 Å². The summed E-state index contributed by atoms with van der Waals surface area (Å²) in [4.78, 5) is 20.2. The van der Waals surface area contributed by atoms with E-state index in [-0.39, 0.29) is 11.2 Å². The minimum Gasteiger partial charge on any atom is -0.329 e. The predicted octanol–water partition coefficient (Wildman–Crippen LogP) is 3.24. The maximum absolute atomic E-state index is 12.1. The molecule has 0 radical (unpaired) electrons. The van der Waals surface area contributed by atoms with Crippen molar-refractivity contribution in [3.63, 3.8) is 0 Å². The van der Waals surface area contributed by atoms with Gasteiger partial charge in [-0.15, -0.1) is 0 Å². The summed E-state index contributed by atoms with van der Waals surface area (Å²) >= 11 is 13.1. The van der Waals surface area contributed by atoms with Crippen LogP contribution >= 0.6 is 35.0 Å². The molecular weight excluding hydrogens is 319 g/mol. The van der Waals surface area contributed by atoms with Gasteiger partial charge in [0.2, 0.25) is 5.91 Å². The van der Waals surface area contributed by atoms with E-state index in [4.69, 9.17) is 23.2 Å². The lowest BCUT2D eigenvalue weighted by molar-refractivity contribution is -0.115. The standard InChI is InChI=1S/C12H12Cl2N4OS/c1-7(20-12-15-3-4-18(12)2)11(19)17-10-9(14)5-8(13)6-16-10/h3-7H,1-2H3,(H,16,17,19)/t7-/m1/s1. The number of aryl methyl sites for hydroxylation is 1. The Bertz CT molecular complexity index is 632. The molecule has 0 aliphatic heterocycles. The minimum atomic E-state index is -0.329. The van der Waals surface area contributed by atoms with Gasteiger partial charge in [0.25, 0.3) is 0 Å². The number of carbonyl (C=O) groups excluding carboxylic acids is 1. The van der Waals surface area contributed by atoms with Crippen molar-refractivity contribution in [3.05, 3.63) is 34.7 Å². The highest BCUT2D eigenvalue weighted by Gasteiger charge is 2.18. The molecule has 0 saturated carbocycles. The maximum Gasteiger partial charge on any atom is 0.238 e. The van der Waals surface area contributed by atoms with E-state index in [2.05, 4.69) is 15.3 Å². The quantitative estimate of drug-likeness (QED) is 0.874. The SMILES string of the molecule is C[C@@H](Sc1nccn1C)C(=O)Nc1ncc(Cl)cc1Cl. The number of amides is 1. The van der Waals surface area contributed by atoms with Gasteiger partial charge in [0.05, 0.1) is 15.3 Å². The molecule has 0 unspecified atom stereocenters. The van der Waals surface area contributed by atoms with Crippen LogP contribution in [-0.2, 0) is 11.8 Å². The molecule has 1 amide bonds. The Morgan fingerprint density at radius 2 is 2.20 bits per heavy atom. The van der Waals surface area contributed by atoms with Crippen LogP contribution in [0.1, 0.15) is 6.92 Å². The van der Waals surface area contributed by atoms with E-state index >= 15 is 0 Å². The van der Waals surface area contributed by atoms with Gasteiger partial charge in [0, 0.05) is 25.6 Å². The number of hydrogen-bond donors (Lipinski definition) is 1. The third-order valence-electron chi connectivity index (χ3n) is 2.48. The van der Waals surface area contributed by atoms with Crippen molar-refractivity contribution in [2.75, 3.05) is 5.32 Å². The first-order valence-corrected chi connectivity index (χ1v) is 7.37. The van der Waals surface area contributed by atoms with Gasteiger partial charge in [0.1, 0.15) is 0 Å². The van der Waals surface area contributed by atoms with E-state index in [1.165, 1.54) is 24.0 Å². The Morgan fingerprint density at radius 1 is 1.45 bits per heavy atom. The molecule has 0 fully saturated rings. The third-order valence-corrected chi connectivity index (χ3v) is 4.14. The summed E-state index contributed by atoms with van der Waals surface area (Å²) in [7, 11) is 1.87. The highest BCUT2D eigenvalue weighted by atomic mass is 35.5. The Morgan fingerprint density at radius 3 is 2.80 bits per heavy atom. The zero-order valence-electron chi connectivity index (χ0n) is 10.8. The number of nitrogens with zero attached hydrogens (tertiary/aromatic N) is 3. The number of halogens is 2. The Labute approximate surface area is 130 Å². The van der Waals surface area contributed by atoms with Gasteiger partial charge in [-0.05, 0) is 13.0 Å². The van der Waals surface area contributed by atoms with E-state index in [1.807, 2.05) is 17.8 Å². The number of carbonyl (C=O) groups is 1. The molecule has 2 rings (SSSR count). The average molecular weight is 331 g/mol. The molecule has 20 heavy (non-hydrogen) atoms. The molecule has 106 valence electrons. The van der Waals surface area contributed by atoms with Crippen LogP contribution < -0.4 is 5.32 Å². The zero-order chi connectivity index (χ0) is 14.7. The lowest BCUT2D eigenvalue weighted by Crippen LogP contribution is -2.23. The molecule has 5 nitrogen and oxygen atoms in total. The number of nitrogens with one attached hydrogen (secondary N) is 1. The molecule has 0 bridgehead atoms. The van der Waals surface area contributed by atoms with Crippen LogP contribution in [-0.4, -0.2) is 25.7 Å². The van der Waals surface area contributed by atoms with Crippen molar-refractivity contribution in [3.8, 4) is 0 Å². The van der Waals surface area contributed by atoms with E-state index in [0.29, 0.717) is 15.9 Å². The molecule has 2 heterocycles. The third kappa shape index (κ3) is 3.65. The molecule has 1 atom stereocenters. The van der Waals surface area contributed by atoms with Gasteiger partial charge in [-0.2, -0.15) is 0 Å². The van der Waals surface area contributed by atoms with Crippen molar-refractivity contribution in [1.82, 2.24) is 14.5 Å². The normalized spacial score (nSPS) is 12.2. The number of aromatic nitrogens is 3. The molecule has 0 aliphatic rings. The average Bonchev–Trinajstić information content (AvgIpc) is 2.78. The number of rotatable bonds is 4. The minimum absolute atomic E-state index is 0.199. The maximum atomic E-state index is 12.1. The molecule has 0 saturated heterocycles. The molecular formula is C12H12Cl2N4OS. The van der Waals surface area contributed by atoms with E-state index in [9.17, 15) is 4.79 Å². The van der Waals surface area contributed by atoms with Gasteiger partial charge in [-0.1, -0.05) is 35.0 Å². The fourth-order valence-electron chi connectivity index (χ4n) is 1.40. The van der Waals surface area contributed by atoms with Crippen molar-refractivity contribution < 1.29 is 4.79 Å². The Hall–Kier alpha value is -1.24. The van der Waals surface area contributed by atoms with E-state index in [0.717, 1.165) is 5.16 Å². The lowest BCUT2D eigenvalue weighted by atomic mass is 10.4. The molecule has 0 aliphatic carbocycles. The summed E-state index contributed by atoms with van der Waals surface area (Å²) in [5, 5.41) is 3.83. The van der Waals surface area contributed by atoms with Crippen LogP contribution in [0.3, 0.4) is 0 Å². The van der Waals surface area contributed by atoms with E-state index < -0.39 is 0 Å². The van der Waals surface area contributed by atoms with Gasteiger partial charge < -0.3 is 9.88 Å². The summed E-state index contributed by atoms with van der Waals surface area (Å²) in [5.41, 5.74) is 0. The van der Waals surface area contributed by atoms with Crippen LogP contribution in [0.2, 0.25) is 10.0 Å². The van der Waals surface area contributed by atoms with Crippen molar-refractivity contribution in [1.29, 1.82) is 0 Å². The fourth-order valence-corrected chi connectivity index (χ4v) is 2.66. The lowest BCUT2D eigenvalue weighted by Gasteiger charge is -2.12. The van der Waals surface area contributed by atoms with Gasteiger partial charge in [-0.25, -0.2) is 9.97 Å². The first kappa shape index (κ1) is 15.2.